The number of aromatic nitrogens is 1. The Balaban J connectivity index is 1.95. The Labute approximate surface area is 167 Å². The number of ether oxygens (including phenoxy) is 1. The summed E-state index contributed by atoms with van der Waals surface area (Å²) in [4.78, 5) is 27.3. The molecule has 0 amide bonds. The summed E-state index contributed by atoms with van der Waals surface area (Å²) in [5.41, 5.74) is 1.47. The van der Waals surface area contributed by atoms with Gasteiger partial charge in [0.2, 0.25) is 12.2 Å². The molecule has 28 heavy (non-hydrogen) atoms. The second-order valence-electron chi connectivity index (χ2n) is 6.10. The van der Waals surface area contributed by atoms with Crippen molar-refractivity contribution in [1.82, 2.24) is 4.98 Å². The maximum atomic E-state index is 12.5. The molecule has 0 saturated carbocycles. The van der Waals surface area contributed by atoms with Crippen LogP contribution < -0.4 is 5.11 Å². The normalized spacial score (nSPS) is 11.6. The van der Waals surface area contributed by atoms with Crippen molar-refractivity contribution in [2.45, 2.75) is 13.3 Å². The number of nitrogens with one attached hydrogen (secondary N) is 1. The van der Waals surface area contributed by atoms with E-state index in [1.54, 1.807) is 55.6 Å². The molecule has 0 aliphatic heterocycles. The first-order chi connectivity index (χ1) is 13.5. The Morgan fingerprint density at radius 3 is 2.61 bits per heavy atom. The highest BCUT2D eigenvalue weighted by Gasteiger charge is 2.22. The van der Waals surface area contributed by atoms with E-state index in [9.17, 15) is 14.7 Å². The third-order valence-electron chi connectivity index (χ3n) is 4.20. The monoisotopic (exact) mass is 398 g/mol. The number of esters is 1. The van der Waals surface area contributed by atoms with Gasteiger partial charge in [-0.1, -0.05) is 23.7 Å². The van der Waals surface area contributed by atoms with Crippen LogP contribution in [-0.2, 0) is 9.53 Å². The van der Waals surface area contributed by atoms with Crippen molar-refractivity contribution in [2.75, 3.05) is 13.2 Å². The van der Waals surface area contributed by atoms with Crippen LogP contribution in [0.5, 0.6) is 5.88 Å². The van der Waals surface area contributed by atoms with Gasteiger partial charge in [0.15, 0.2) is 12.0 Å². The van der Waals surface area contributed by atoms with Gasteiger partial charge in [-0.25, -0.2) is 4.79 Å². The smallest absolute Gasteiger partial charge is 0.372 e. The molecule has 0 radical (unpaired) electrons. The lowest BCUT2D eigenvalue weighted by molar-refractivity contribution is -0.435. The molecule has 2 aromatic carbocycles. The number of Topliss-reactive ketones (excluding diaryl/α,β-unsaturated/α-hetero) is 1. The molecule has 0 spiro atoms. The summed E-state index contributed by atoms with van der Waals surface area (Å²) in [7, 11) is 0. The van der Waals surface area contributed by atoms with Gasteiger partial charge in [-0.05, 0) is 43.3 Å². The Kier molecular flexibility index (Phi) is 6.11. The number of hydrogen-bond acceptors (Lipinski definition) is 4. The SMILES string of the molecule is CCOC(=O)C[N+](=CCC(=O)c1ccc(Cl)cc1)c1c([O-])[nH]c2ccccc12. The van der Waals surface area contributed by atoms with Crippen LogP contribution in [0.4, 0.5) is 5.69 Å². The Bertz CT molecular complexity index is 1040. The number of halogens is 1. The predicted octanol–water partition coefficient (Wildman–Crippen LogP) is 3.45. The van der Waals surface area contributed by atoms with Crippen molar-refractivity contribution in [3.05, 3.63) is 59.1 Å². The molecule has 3 aromatic rings. The zero-order valence-corrected chi connectivity index (χ0v) is 16.0. The largest absolute Gasteiger partial charge is 0.856 e. The average Bonchev–Trinajstić information content (AvgIpc) is 3.01. The first-order valence-electron chi connectivity index (χ1n) is 8.81. The third-order valence-corrected chi connectivity index (χ3v) is 4.45. The van der Waals surface area contributed by atoms with Gasteiger partial charge in [0.1, 0.15) is 0 Å². The molecule has 1 aromatic heterocycles. The van der Waals surface area contributed by atoms with Gasteiger partial charge in [-0.15, -0.1) is 0 Å². The lowest BCUT2D eigenvalue weighted by atomic mass is 10.1. The van der Waals surface area contributed by atoms with E-state index in [1.807, 2.05) is 6.07 Å². The van der Waals surface area contributed by atoms with Crippen molar-refractivity contribution in [1.29, 1.82) is 0 Å². The zero-order valence-electron chi connectivity index (χ0n) is 15.3. The molecule has 0 aliphatic carbocycles. The number of nitrogens with zero attached hydrogens (tertiary/aromatic N) is 1. The molecule has 0 unspecified atom stereocenters. The fourth-order valence-corrected chi connectivity index (χ4v) is 3.04. The molecule has 0 saturated heterocycles. The number of aromatic amines is 1. The average molecular weight is 399 g/mol. The second kappa shape index (κ2) is 8.71. The Hall–Kier alpha value is -3.12. The van der Waals surface area contributed by atoms with Crippen LogP contribution in [0, 0.1) is 0 Å². The van der Waals surface area contributed by atoms with E-state index in [-0.39, 0.29) is 31.2 Å². The summed E-state index contributed by atoms with van der Waals surface area (Å²) in [6.45, 7) is 1.77. The van der Waals surface area contributed by atoms with Gasteiger partial charge < -0.3 is 14.8 Å². The van der Waals surface area contributed by atoms with E-state index in [1.165, 1.54) is 4.58 Å². The Morgan fingerprint density at radius 2 is 1.89 bits per heavy atom. The number of ketones is 1. The maximum absolute atomic E-state index is 12.5. The number of rotatable bonds is 7. The van der Waals surface area contributed by atoms with Crippen molar-refractivity contribution in [3.63, 3.8) is 0 Å². The van der Waals surface area contributed by atoms with E-state index < -0.39 is 5.97 Å². The van der Waals surface area contributed by atoms with Crippen LogP contribution in [0.1, 0.15) is 23.7 Å². The van der Waals surface area contributed by atoms with Gasteiger partial charge in [0, 0.05) is 16.5 Å². The first-order valence-corrected chi connectivity index (χ1v) is 9.19. The van der Waals surface area contributed by atoms with Gasteiger partial charge >= 0.3 is 5.97 Å². The highest BCUT2D eigenvalue weighted by Crippen LogP contribution is 2.32. The quantitative estimate of drug-likeness (QED) is 0.286. The standard InChI is InChI=1S/C21H19ClN2O4/c1-2-28-19(26)13-24(12-11-18(25)14-7-9-15(22)10-8-14)20-16-5-3-4-6-17(16)23-21(20)27/h3-10,12,23H,2,11,13H2,1H3. The fourth-order valence-electron chi connectivity index (χ4n) is 2.91. The molecule has 1 N–H and O–H groups in total. The third kappa shape index (κ3) is 4.40. The molecule has 1 heterocycles. The molecule has 6 nitrogen and oxygen atoms in total. The number of carbonyl (C=O) groups excluding carboxylic acids is 2. The second-order valence-corrected chi connectivity index (χ2v) is 6.53. The van der Waals surface area contributed by atoms with Crippen LogP contribution >= 0.6 is 11.6 Å². The lowest BCUT2D eigenvalue weighted by Crippen LogP contribution is -2.22. The fraction of sp³-hybridized carbons (Fsp3) is 0.190. The lowest BCUT2D eigenvalue weighted by Gasteiger charge is -2.07. The topological polar surface area (TPSA) is 85.2 Å². The number of benzene rings is 2. The summed E-state index contributed by atoms with van der Waals surface area (Å²) in [6.07, 6.45) is 1.56. The van der Waals surface area contributed by atoms with E-state index >= 15 is 0 Å². The van der Waals surface area contributed by atoms with E-state index in [0.717, 1.165) is 0 Å². The molecule has 0 bridgehead atoms. The van der Waals surface area contributed by atoms with Crippen LogP contribution in [0.3, 0.4) is 0 Å². The van der Waals surface area contributed by atoms with E-state index in [0.29, 0.717) is 27.2 Å². The number of hydrogen-bond donors (Lipinski definition) is 1. The summed E-state index contributed by atoms with van der Waals surface area (Å²) in [5, 5.41) is 13.7. The van der Waals surface area contributed by atoms with Gasteiger partial charge in [-0.3, -0.25) is 4.79 Å². The molecule has 144 valence electrons. The number of para-hydroxylation sites is 1. The zero-order chi connectivity index (χ0) is 20.1. The summed E-state index contributed by atoms with van der Waals surface area (Å²) in [6, 6.07) is 13.7. The van der Waals surface area contributed by atoms with E-state index in [2.05, 4.69) is 4.98 Å². The van der Waals surface area contributed by atoms with Crippen LogP contribution in [0.2, 0.25) is 5.02 Å². The minimum atomic E-state index is -0.484. The molecular formula is C21H19ClN2O4. The highest BCUT2D eigenvalue weighted by molar-refractivity contribution is 6.30. The molecule has 0 fully saturated rings. The van der Waals surface area contributed by atoms with Crippen molar-refractivity contribution < 1.29 is 24.0 Å². The van der Waals surface area contributed by atoms with Crippen LogP contribution in [0.25, 0.3) is 10.9 Å². The van der Waals surface area contributed by atoms with Crippen molar-refractivity contribution >= 4 is 46.2 Å². The van der Waals surface area contributed by atoms with Gasteiger partial charge in [-0.2, -0.15) is 4.58 Å². The minimum Gasteiger partial charge on any atom is -0.856 e. The summed E-state index contributed by atoms with van der Waals surface area (Å²) >= 11 is 5.85. The molecule has 7 heteroatoms. The van der Waals surface area contributed by atoms with E-state index in [4.69, 9.17) is 16.3 Å². The number of carbonyl (C=O) groups is 2. The molecule has 3 rings (SSSR count). The minimum absolute atomic E-state index is 0.0139. The Morgan fingerprint density at radius 1 is 1.18 bits per heavy atom. The van der Waals surface area contributed by atoms with Crippen molar-refractivity contribution in [2.24, 2.45) is 0 Å². The molecular weight excluding hydrogens is 380 g/mol. The van der Waals surface area contributed by atoms with Crippen LogP contribution in [0.15, 0.2) is 48.5 Å². The van der Waals surface area contributed by atoms with Crippen LogP contribution in [-0.4, -0.2) is 40.7 Å². The van der Waals surface area contributed by atoms with Crippen molar-refractivity contribution in [3.8, 4) is 5.88 Å². The predicted molar refractivity (Wildman–Crippen MR) is 106 cm³/mol. The number of fused-ring (bicyclic) bond motifs is 1. The van der Waals surface area contributed by atoms with Gasteiger partial charge in [0.05, 0.1) is 23.9 Å². The summed E-state index contributed by atoms with van der Waals surface area (Å²) < 4.78 is 6.49. The molecule has 0 atom stereocenters. The number of H-pyrrole nitrogens is 1. The first kappa shape index (κ1) is 19.6. The molecule has 0 aliphatic rings. The van der Waals surface area contributed by atoms with Gasteiger partial charge in [0.25, 0.3) is 0 Å². The highest BCUT2D eigenvalue weighted by atomic mass is 35.5. The summed E-state index contributed by atoms with van der Waals surface area (Å²) in [5.74, 6) is -0.971. The maximum Gasteiger partial charge on any atom is 0.372 e.